The van der Waals surface area contributed by atoms with Gasteiger partial charge in [-0.25, -0.2) is 0 Å². The van der Waals surface area contributed by atoms with Crippen molar-refractivity contribution in [3.8, 4) is 0 Å². The zero-order valence-electron chi connectivity index (χ0n) is 4.97. The Bertz CT molecular complexity index is 47.7. The number of aliphatic hydroxyl groups is 1. The Hall–Kier alpha value is 0.283. The molecule has 0 aromatic carbocycles. The summed E-state index contributed by atoms with van der Waals surface area (Å²) in [5, 5.41) is 8.13. The Morgan fingerprint density at radius 3 is 2.62 bits per heavy atom. The predicted octanol–water partition coefficient (Wildman–Crippen LogP) is 0.179. The summed E-state index contributed by atoms with van der Waals surface area (Å²) in [7, 11) is 0. The monoisotopic (exact) mass is 166 g/mol. The van der Waals surface area contributed by atoms with Crippen LogP contribution in [0.25, 0.3) is 0 Å². The van der Waals surface area contributed by atoms with Gasteiger partial charge in [-0.3, -0.25) is 0 Å². The van der Waals surface area contributed by atoms with Gasteiger partial charge in [0, 0.05) is 19.5 Å². The standard InChI is InChI=1S/C5H10O2.Zn/c1-2-4-7-5-3-6;/h2,6H,1,3-5H2;. The zero-order chi connectivity index (χ0) is 5.54. The van der Waals surface area contributed by atoms with Gasteiger partial charge in [0.25, 0.3) is 0 Å². The average Bonchev–Trinajstić information content (AvgIpc) is 1.69. The van der Waals surface area contributed by atoms with Crippen LogP contribution in [0.1, 0.15) is 0 Å². The molecule has 0 aliphatic rings. The smallest absolute Gasteiger partial charge is 0.0701 e. The third-order valence-electron chi connectivity index (χ3n) is 0.471. The van der Waals surface area contributed by atoms with E-state index in [1.165, 1.54) is 0 Å². The molecule has 1 N–H and O–H groups in total. The van der Waals surface area contributed by atoms with Gasteiger partial charge in [-0.05, 0) is 0 Å². The number of aliphatic hydroxyl groups excluding tert-OH is 1. The summed E-state index contributed by atoms with van der Waals surface area (Å²) < 4.78 is 4.76. The van der Waals surface area contributed by atoms with Crippen LogP contribution in [0.3, 0.4) is 0 Å². The summed E-state index contributed by atoms with van der Waals surface area (Å²) in [5.41, 5.74) is 0. The number of hydrogen-bond donors (Lipinski definition) is 1. The minimum Gasteiger partial charge on any atom is -0.394 e. The Morgan fingerprint density at radius 1 is 1.62 bits per heavy atom. The second-order valence-electron chi connectivity index (χ2n) is 1.09. The van der Waals surface area contributed by atoms with Crippen molar-refractivity contribution in [2.45, 2.75) is 0 Å². The van der Waals surface area contributed by atoms with Gasteiger partial charge in [-0.1, -0.05) is 6.08 Å². The molecule has 0 saturated carbocycles. The summed E-state index contributed by atoms with van der Waals surface area (Å²) in [4.78, 5) is 0. The molecule has 0 aromatic rings. The van der Waals surface area contributed by atoms with Crippen LogP contribution in [0.5, 0.6) is 0 Å². The Morgan fingerprint density at radius 2 is 2.25 bits per heavy atom. The van der Waals surface area contributed by atoms with Gasteiger partial charge in [0.2, 0.25) is 0 Å². The van der Waals surface area contributed by atoms with E-state index >= 15 is 0 Å². The molecule has 3 heteroatoms. The van der Waals surface area contributed by atoms with E-state index in [0.717, 1.165) is 0 Å². The largest absolute Gasteiger partial charge is 0.394 e. The minimum absolute atomic E-state index is 0. The third kappa shape index (κ3) is 9.56. The van der Waals surface area contributed by atoms with E-state index in [9.17, 15) is 0 Å². The van der Waals surface area contributed by atoms with Gasteiger partial charge in [0.15, 0.2) is 0 Å². The van der Waals surface area contributed by atoms with Crippen molar-refractivity contribution in [2.75, 3.05) is 19.8 Å². The van der Waals surface area contributed by atoms with Crippen molar-refractivity contribution < 1.29 is 29.3 Å². The molecule has 0 aliphatic carbocycles. The maximum atomic E-state index is 8.13. The first-order valence-corrected chi connectivity index (χ1v) is 2.21. The van der Waals surface area contributed by atoms with E-state index in [1.807, 2.05) is 0 Å². The molecule has 0 bridgehead atoms. The summed E-state index contributed by atoms with van der Waals surface area (Å²) in [5.74, 6) is 0. The predicted molar refractivity (Wildman–Crippen MR) is 28.1 cm³/mol. The number of rotatable bonds is 4. The van der Waals surface area contributed by atoms with Crippen LogP contribution < -0.4 is 0 Å². The topological polar surface area (TPSA) is 29.5 Å². The molecule has 0 aromatic heterocycles. The molecule has 0 radical (unpaired) electrons. The third-order valence-corrected chi connectivity index (χ3v) is 0.471. The summed E-state index contributed by atoms with van der Waals surface area (Å²) in [6, 6.07) is 0. The number of ether oxygens (including phenoxy) is 1. The fourth-order valence-electron chi connectivity index (χ4n) is 0.231. The van der Waals surface area contributed by atoms with E-state index in [-0.39, 0.29) is 26.1 Å². The Labute approximate surface area is 62.3 Å². The van der Waals surface area contributed by atoms with Gasteiger partial charge >= 0.3 is 0 Å². The molecule has 0 amide bonds. The molecular formula is C5H10O2Zn. The van der Waals surface area contributed by atoms with Crippen LogP contribution >= 0.6 is 0 Å². The molecule has 0 saturated heterocycles. The van der Waals surface area contributed by atoms with Crippen LogP contribution in [-0.2, 0) is 24.2 Å². The maximum absolute atomic E-state index is 8.13. The van der Waals surface area contributed by atoms with Crippen molar-refractivity contribution in [1.29, 1.82) is 0 Å². The molecule has 0 atom stereocenters. The number of hydrogen-bond acceptors (Lipinski definition) is 2. The molecule has 44 valence electrons. The maximum Gasteiger partial charge on any atom is 0.0701 e. The Kier molecular flexibility index (Phi) is 14.3. The molecule has 0 aliphatic heterocycles. The van der Waals surface area contributed by atoms with Gasteiger partial charge in [0.05, 0.1) is 19.8 Å². The SMILES string of the molecule is C=CCOCCO.[Zn]. The molecule has 8 heavy (non-hydrogen) atoms. The zero-order valence-corrected chi connectivity index (χ0v) is 7.94. The normalized spacial score (nSPS) is 7.62. The molecular weight excluding hydrogens is 157 g/mol. The average molecular weight is 168 g/mol. The summed E-state index contributed by atoms with van der Waals surface area (Å²) in [6.07, 6.45) is 1.65. The fourth-order valence-corrected chi connectivity index (χ4v) is 0.231. The first-order chi connectivity index (χ1) is 3.41. The first kappa shape index (κ1) is 11.1. The van der Waals surface area contributed by atoms with Crippen LogP contribution in [0.15, 0.2) is 12.7 Å². The molecule has 0 fully saturated rings. The molecule has 2 nitrogen and oxygen atoms in total. The Balaban J connectivity index is 0. The second kappa shape index (κ2) is 10.3. The van der Waals surface area contributed by atoms with Crippen molar-refractivity contribution in [1.82, 2.24) is 0 Å². The summed E-state index contributed by atoms with van der Waals surface area (Å²) >= 11 is 0. The summed E-state index contributed by atoms with van der Waals surface area (Å²) in [6.45, 7) is 4.45. The van der Waals surface area contributed by atoms with Crippen molar-refractivity contribution in [2.24, 2.45) is 0 Å². The molecule has 0 spiro atoms. The van der Waals surface area contributed by atoms with Crippen LogP contribution in [0, 0.1) is 0 Å². The molecule has 0 unspecified atom stereocenters. The molecule has 0 rings (SSSR count). The van der Waals surface area contributed by atoms with Gasteiger partial charge < -0.3 is 9.84 Å². The van der Waals surface area contributed by atoms with Crippen molar-refractivity contribution in [3.05, 3.63) is 12.7 Å². The van der Waals surface area contributed by atoms with Crippen molar-refractivity contribution in [3.63, 3.8) is 0 Å². The van der Waals surface area contributed by atoms with E-state index < -0.39 is 0 Å². The van der Waals surface area contributed by atoms with E-state index in [1.54, 1.807) is 6.08 Å². The van der Waals surface area contributed by atoms with Crippen LogP contribution in [0.4, 0.5) is 0 Å². The van der Waals surface area contributed by atoms with Crippen LogP contribution in [0.2, 0.25) is 0 Å². The van der Waals surface area contributed by atoms with E-state index in [4.69, 9.17) is 9.84 Å². The van der Waals surface area contributed by atoms with Gasteiger partial charge in [-0.15, -0.1) is 6.58 Å². The van der Waals surface area contributed by atoms with E-state index in [2.05, 4.69) is 6.58 Å². The van der Waals surface area contributed by atoms with Crippen molar-refractivity contribution >= 4 is 0 Å². The van der Waals surface area contributed by atoms with E-state index in [0.29, 0.717) is 13.2 Å². The first-order valence-electron chi connectivity index (χ1n) is 2.21. The van der Waals surface area contributed by atoms with Gasteiger partial charge in [0.1, 0.15) is 0 Å². The fraction of sp³-hybridized carbons (Fsp3) is 0.600. The van der Waals surface area contributed by atoms with Gasteiger partial charge in [-0.2, -0.15) is 0 Å². The molecule has 0 heterocycles. The minimum atomic E-state index is 0. The quantitative estimate of drug-likeness (QED) is 0.368. The van der Waals surface area contributed by atoms with Crippen LogP contribution in [-0.4, -0.2) is 24.9 Å². The second-order valence-corrected chi connectivity index (χ2v) is 1.09.